The van der Waals surface area contributed by atoms with E-state index in [1.165, 1.54) is 0 Å². The van der Waals surface area contributed by atoms with E-state index in [2.05, 4.69) is 0 Å². The van der Waals surface area contributed by atoms with E-state index in [-0.39, 0.29) is 17.8 Å². The zero-order valence-electron chi connectivity index (χ0n) is 9.06. The monoisotopic (exact) mass is 202 g/mol. The maximum Gasteiger partial charge on any atom is 0.333 e. The Morgan fingerprint density at radius 3 is 2.21 bits per heavy atom. The molecule has 5 atom stereocenters. The molecule has 4 heteroatoms. The largest absolute Gasteiger partial charge is 0.479 e. The van der Waals surface area contributed by atoms with Gasteiger partial charge >= 0.3 is 5.97 Å². The summed E-state index contributed by atoms with van der Waals surface area (Å²) in [6.45, 7) is 5.97. The summed E-state index contributed by atoms with van der Waals surface area (Å²) < 4.78 is 10.5. The predicted molar refractivity (Wildman–Crippen MR) is 50.8 cm³/mol. The van der Waals surface area contributed by atoms with Crippen LogP contribution < -0.4 is 0 Å². The van der Waals surface area contributed by atoms with E-state index in [9.17, 15) is 4.79 Å². The van der Waals surface area contributed by atoms with Crippen LogP contribution in [0.3, 0.4) is 0 Å². The van der Waals surface area contributed by atoms with Crippen LogP contribution in [0.4, 0.5) is 0 Å². The molecule has 1 rings (SSSR count). The Kier molecular flexibility index (Phi) is 3.50. The second kappa shape index (κ2) is 4.28. The van der Waals surface area contributed by atoms with Crippen LogP contribution >= 0.6 is 0 Å². The van der Waals surface area contributed by atoms with Gasteiger partial charge in [-0.1, -0.05) is 20.8 Å². The third-order valence-electron chi connectivity index (χ3n) is 3.32. The van der Waals surface area contributed by atoms with Crippen molar-refractivity contribution in [1.82, 2.24) is 0 Å². The molecular formula is C10H18O4. The lowest BCUT2D eigenvalue weighted by Gasteiger charge is -2.41. The van der Waals surface area contributed by atoms with Crippen LogP contribution in [0, 0.1) is 17.8 Å². The van der Waals surface area contributed by atoms with Gasteiger partial charge < -0.3 is 14.6 Å². The Balaban J connectivity index is 2.78. The number of ether oxygens (including phenoxy) is 2. The Morgan fingerprint density at radius 1 is 1.21 bits per heavy atom. The lowest BCUT2D eigenvalue weighted by Crippen LogP contribution is -2.48. The highest BCUT2D eigenvalue weighted by molar-refractivity contribution is 5.72. The Bertz CT molecular complexity index is 214. The van der Waals surface area contributed by atoms with Gasteiger partial charge in [0.25, 0.3) is 0 Å². The van der Waals surface area contributed by atoms with Gasteiger partial charge in [0.05, 0.1) is 0 Å². The van der Waals surface area contributed by atoms with Gasteiger partial charge in [0.1, 0.15) is 0 Å². The van der Waals surface area contributed by atoms with Crippen molar-refractivity contribution in [1.29, 1.82) is 0 Å². The Labute approximate surface area is 84.2 Å². The first-order valence-corrected chi connectivity index (χ1v) is 4.90. The molecule has 1 N–H and O–H groups in total. The second-order valence-corrected chi connectivity index (χ2v) is 4.08. The summed E-state index contributed by atoms with van der Waals surface area (Å²) in [5, 5.41) is 8.95. The van der Waals surface area contributed by atoms with Gasteiger partial charge in [0, 0.05) is 13.0 Å². The van der Waals surface area contributed by atoms with Crippen LogP contribution in [-0.2, 0) is 14.3 Å². The van der Waals surface area contributed by atoms with Crippen LogP contribution in [0.5, 0.6) is 0 Å². The fourth-order valence-corrected chi connectivity index (χ4v) is 1.95. The molecule has 0 radical (unpaired) electrons. The van der Waals surface area contributed by atoms with Gasteiger partial charge in [0.15, 0.2) is 12.4 Å². The highest BCUT2D eigenvalue weighted by atomic mass is 16.7. The van der Waals surface area contributed by atoms with Crippen LogP contribution in [0.15, 0.2) is 0 Å². The molecular weight excluding hydrogens is 184 g/mol. The molecule has 1 saturated heterocycles. The van der Waals surface area contributed by atoms with Crippen molar-refractivity contribution < 1.29 is 19.4 Å². The van der Waals surface area contributed by atoms with Gasteiger partial charge in [-0.15, -0.1) is 0 Å². The van der Waals surface area contributed by atoms with Gasteiger partial charge in [-0.3, -0.25) is 0 Å². The number of aliphatic carboxylic acids is 1. The smallest absolute Gasteiger partial charge is 0.333 e. The molecule has 0 spiro atoms. The summed E-state index contributed by atoms with van der Waals surface area (Å²) >= 11 is 0. The molecule has 14 heavy (non-hydrogen) atoms. The molecule has 1 fully saturated rings. The first-order valence-electron chi connectivity index (χ1n) is 4.90. The summed E-state index contributed by atoms with van der Waals surface area (Å²) in [5.74, 6) is -0.368. The first kappa shape index (κ1) is 11.5. The molecule has 82 valence electrons. The lowest BCUT2D eigenvalue weighted by molar-refractivity contribution is -0.240. The van der Waals surface area contributed by atoms with Crippen molar-refractivity contribution in [2.45, 2.75) is 33.2 Å². The molecule has 0 amide bonds. The number of hydrogen-bond acceptors (Lipinski definition) is 3. The zero-order chi connectivity index (χ0) is 10.9. The van der Waals surface area contributed by atoms with Crippen molar-refractivity contribution in [2.75, 3.05) is 7.11 Å². The highest BCUT2D eigenvalue weighted by Crippen LogP contribution is 2.35. The standard InChI is InChI=1S/C10H18O4/c1-5-6(2)8(9(11)12)14-10(13-4)7(5)3/h5-8,10H,1-4H3,(H,11,12)/t5-,6+,7?,8?,10+/m0/s1. The number of methoxy groups -OCH3 is 1. The summed E-state index contributed by atoms with van der Waals surface area (Å²) in [7, 11) is 1.54. The van der Waals surface area contributed by atoms with Gasteiger partial charge in [-0.2, -0.15) is 0 Å². The Hall–Kier alpha value is -0.610. The maximum atomic E-state index is 10.9. The summed E-state index contributed by atoms with van der Waals surface area (Å²) in [6.07, 6.45) is -1.14. The molecule has 2 unspecified atom stereocenters. The number of rotatable bonds is 2. The zero-order valence-corrected chi connectivity index (χ0v) is 9.06. The highest BCUT2D eigenvalue weighted by Gasteiger charge is 2.42. The summed E-state index contributed by atoms with van der Waals surface area (Å²) in [4.78, 5) is 10.9. The van der Waals surface area contributed by atoms with E-state index in [4.69, 9.17) is 14.6 Å². The molecule has 0 aromatic carbocycles. The van der Waals surface area contributed by atoms with Crippen LogP contribution in [0.1, 0.15) is 20.8 Å². The van der Waals surface area contributed by atoms with Crippen LogP contribution in [0.25, 0.3) is 0 Å². The van der Waals surface area contributed by atoms with E-state index in [0.29, 0.717) is 0 Å². The molecule has 4 nitrogen and oxygen atoms in total. The van der Waals surface area contributed by atoms with Crippen molar-refractivity contribution in [2.24, 2.45) is 17.8 Å². The minimum absolute atomic E-state index is 0.0221. The Morgan fingerprint density at radius 2 is 1.79 bits per heavy atom. The van der Waals surface area contributed by atoms with E-state index in [1.807, 2.05) is 20.8 Å². The third-order valence-corrected chi connectivity index (χ3v) is 3.32. The average Bonchev–Trinajstić information content (AvgIpc) is 2.14. The average molecular weight is 202 g/mol. The molecule has 0 bridgehead atoms. The number of carboxylic acids is 1. The quantitative estimate of drug-likeness (QED) is 0.734. The van der Waals surface area contributed by atoms with E-state index < -0.39 is 18.4 Å². The fraction of sp³-hybridized carbons (Fsp3) is 0.900. The minimum atomic E-state index is -0.904. The molecule has 0 aromatic rings. The van der Waals surface area contributed by atoms with Crippen molar-refractivity contribution in [3.63, 3.8) is 0 Å². The van der Waals surface area contributed by atoms with E-state index >= 15 is 0 Å². The molecule has 1 aliphatic heterocycles. The fourth-order valence-electron chi connectivity index (χ4n) is 1.95. The topological polar surface area (TPSA) is 55.8 Å². The summed E-state index contributed by atoms with van der Waals surface area (Å²) in [6, 6.07) is 0. The lowest BCUT2D eigenvalue weighted by atomic mass is 9.79. The molecule has 1 aliphatic rings. The van der Waals surface area contributed by atoms with E-state index in [1.54, 1.807) is 7.11 Å². The van der Waals surface area contributed by atoms with Gasteiger partial charge in [-0.05, 0) is 11.8 Å². The van der Waals surface area contributed by atoms with Crippen LogP contribution in [-0.4, -0.2) is 30.6 Å². The second-order valence-electron chi connectivity index (χ2n) is 4.08. The van der Waals surface area contributed by atoms with E-state index in [0.717, 1.165) is 0 Å². The van der Waals surface area contributed by atoms with Crippen molar-refractivity contribution >= 4 is 5.97 Å². The summed E-state index contributed by atoms with van der Waals surface area (Å²) in [5.41, 5.74) is 0. The molecule has 0 aromatic heterocycles. The maximum absolute atomic E-state index is 10.9. The predicted octanol–water partition coefficient (Wildman–Crippen LogP) is 1.35. The normalized spacial score (nSPS) is 43.6. The minimum Gasteiger partial charge on any atom is -0.479 e. The van der Waals surface area contributed by atoms with Crippen LogP contribution in [0.2, 0.25) is 0 Å². The third kappa shape index (κ3) is 1.91. The molecule has 0 aliphatic carbocycles. The molecule has 0 saturated carbocycles. The first-order chi connectivity index (χ1) is 6.49. The molecule has 1 heterocycles. The van der Waals surface area contributed by atoms with Crippen molar-refractivity contribution in [3.05, 3.63) is 0 Å². The van der Waals surface area contributed by atoms with Gasteiger partial charge in [0.2, 0.25) is 0 Å². The number of carboxylic acid groups (broad SMARTS) is 1. The SMILES string of the molecule is CO[C@@H]1OC(C(=O)O)[C@H](C)[C@H](C)C1C. The van der Waals surface area contributed by atoms with Crippen molar-refractivity contribution in [3.8, 4) is 0 Å². The number of hydrogen-bond donors (Lipinski definition) is 1. The van der Waals surface area contributed by atoms with Gasteiger partial charge in [-0.25, -0.2) is 4.79 Å². The number of carbonyl (C=O) groups is 1.